The Hall–Kier alpha value is -9.77. The maximum atomic E-state index is 16.2. The minimum absolute atomic E-state index is 0.0426. The van der Waals surface area contributed by atoms with Gasteiger partial charge in [0.15, 0.2) is 11.5 Å². The number of nitrogens with zero attached hydrogens (tertiary/aromatic N) is 1. The molecule has 15 rings (SSSR count). The molecule has 15 bridgehead atoms. The fraction of sp³-hybridized carbons (Fsp3) is 0.473. The van der Waals surface area contributed by atoms with Gasteiger partial charge < -0.3 is 113 Å². The number of benzene rings is 5. The van der Waals surface area contributed by atoms with Crippen molar-refractivity contribution in [1.82, 2.24) is 42.1 Å². The number of aliphatic hydroxyl groups is 5. The number of nitrogens with two attached hydrogens (primary N) is 2. The fourth-order valence-electron chi connectivity index (χ4n) is 15.7. The van der Waals surface area contributed by atoms with Crippen molar-refractivity contribution < 1.29 is 108 Å². The second kappa shape index (κ2) is 31.1. The third kappa shape index (κ3) is 16.2. The van der Waals surface area contributed by atoms with Crippen molar-refractivity contribution in [2.24, 2.45) is 41.1 Å². The lowest BCUT2D eigenvalue weighted by Gasteiger charge is -2.54. The molecule has 9 amide bonds. The number of hydrogen-bond donors (Lipinski definition) is 17. The molecular formula is C74H86Cl2N10O22. The van der Waals surface area contributed by atoms with Gasteiger partial charge in [-0.3, -0.25) is 43.3 Å². The van der Waals surface area contributed by atoms with Gasteiger partial charge in [-0.05, 0) is 171 Å². The van der Waals surface area contributed by atoms with Crippen molar-refractivity contribution in [2.45, 2.75) is 176 Å². The topological polar surface area (TPSA) is 501 Å². The molecule has 14 atom stereocenters. The molecule has 0 radical (unpaired) electrons. The van der Waals surface area contributed by atoms with Crippen molar-refractivity contribution in [1.29, 1.82) is 0 Å². The molecule has 10 aliphatic rings. The second-order valence-corrected chi connectivity index (χ2v) is 30.9. The Morgan fingerprint density at radius 3 is 1.81 bits per heavy atom. The maximum absolute atomic E-state index is 16.2. The SMILES string of the molecule is CC(C)C[C@H](C(=O)N[C@H]1C(=O)N[C@@H](CC(N)=O)C(=O)N[C@H]2C(=O)N[C@H]3C(=O)N[C@@H](C(=O)N[C@H](C(=O)NC4C5CC6CC(C5)CC4C6)c4cc(O)cc(O)c4-c4cc3ccc4O)[C@H](O)c3ccc(c(Cl)c3)Oc3cc2cc(c3OC2OC(CN)C(O)C(O)C2O)Oc2ccc(cc2Cl)[C@H]1O)N(C)C(=O)OC(C)(C)C. The molecule has 5 fully saturated rings. The molecule has 32 nitrogen and oxygen atoms in total. The summed E-state index contributed by atoms with van der Waals surface area (Å²) in [6.07, 6.45) is -11.2. The van der Waals surface area contributed by atoms with Crippen LogP contribution in [0.15, 0.2) is 78.9 Å². The molecular weight excluding hydrogens is 1450 g/mol. The van der Waals surface area contributed by atoms with Crippen LogP contribution in [0, 0.1) is 29.6 Å². The molecule has 5 aromatic carbocycles. The van der Waals surface area contributed by atoms with Crippen LogP contribution in [-0.2, 0) is 47.8 Å². The zero-order valence-electron chi connectivity index (χ0n) is 59.4. The fourth-order valence-corrected chi connectivity index (χ4v) is 16.2. The molecule has 1 saturated heterocycles. The number of carbonyl (C=O) groups is 9. The first-order chi connectivity index (χ1) is 51.0. The third-order valence-electron chi connectivity index (χ3n) is 20.8. The monoisotopic (exact) mass is 1540 g/mol. The number of ether oxygens (including phenoxy) is 5. The normalized spacial score (nSPS) is 29.1. The van der Waals surface area contributed by atoms with Crippen LogP contribution in [0.5, 0.6) is 46.0 Å². The van der Waals surface area contributed by atoms with E-state index in [4.69, 9.17) is 58.4 Å². The Bertz CT molecular complexity index is 4380. The summed E-state index contributed by atoms with van der Waals surface area (Å²) in [5, 5.41) is 112. The van der Waals surface area contributed by atoms with E-state index < -0.39 is 197 Å². The molecule has 6 aliphatic heterocycles. The quantitative estimate of drug-likeness (QED) is 0.0851. The number of fused-ring (bicyclic) bond motifs is 15. The number of nitrogens with one attached hydrogen (secondary N) is 7. The van der Waals surface area contributed by atoms with Crippen LogP contribution < -0.4 is 62.9 Å². The number of aliphatic hydroxyl groups excluding tert-OH is 5. The Morgan fingerprint density at radius 2 is 1.23 bits per heavy atom. The lowest BCUT2D eigenvalue weighted by atomic mass is 9.54. The maximum Gasteiger partial charge on any atom is 0.410 e. The minimum atomic E-state index is -2.33. The molecule has 6 heterocycles. The zero-order chi connectivity index (χ0) is 78.0. The smallest absolute Gasteiger partial charge is 0.410 e. The van der Waals surface area contributed by atoms with E-state index in [0.29, 0.717) is 11.8 Å². The number of hydrogen-bond acceptors (Lipinski definition) is 23. The highest BCUT2D eigenvalue weighted by Crippen LogP contribution is 2.55. The summed E-state index contributed by atoms with van der Waals surface area (Å²) in [6.45, 7) is 7.83. The van der Waals surface area contributed by atoms with Gasteiger partial charge in [0.2, 0.25) is 59.3 Å². The number of phenolic OH excluding ortho intramolecular Hbond substituents is 3. The molecule has 578 valence electrons. The van der Waals surface area contributed by atoms with E-state index in [2.05, 4.69) is 37.2 Å². The number of carbonyl (C=O) groups excluding carboxylic acids is 9. The van der Waals surface area contributed by atoms with Crippen molar-refractivity contribution >= 4 is 76.6 Å². The first kappa shape index (κ1) is 77.8. The van der Waals surface area contributed by atoms with Gasteiger partial charge >= 0.3 is 6.09 Å². The number of primary amides is 1. The lowest BCUT2D eigenvalue weighted by molar-refractivity contribution is -0.270. The molecule has 0 aromatic heterocycles. The molecule has 19 N–H and O–H groups in total. The predicted molar refractivity (Wildman–Crippen MR) is 381 cm³/mol. The summed E-state index contributed by atoms with van der Waals surface area (Å²) >= 11 is 14.2. The predicted octanol–water partition coefficient (Wildman–Crippen LogP) is 3.34. The lowest BCUT2D eigenvalue weighted by Crippen LogP contribution is -2.60. The molecule has 108 heavy (non-hydrogen) atoms. The number of likely N-dealkylation sites (N-methyl/N-ethyl adjacent to an activating group) is 1. The van der Waals surface area contributed by atoms with Gasteiger partial charge in [-0.15, -0.1) is 0 Å². The summed E-state index contributed by atoms with van der Waals surface area (Å²) in [6, 6.07) is -0.242. The number of amides is 9. The highest BCUT2D eigenvalue weighted by molar-refractivity contribution is 6.32. The van der Waals surface area contributed by atoms with E-state index in [9.17, 15) is 55.2 Å². The first-order valence-corrected chi connectivity index (χ1v) is 36.1. The van der Waals surface area contributed by atoms with E-state index in [-0.39, 0.29) is 85.1 Å². The summed E-state index contributed by atoms with van der Waals surface area (Å²) < 4.78 is 31.0. The third-order valence-corrected chi connectivity index (χ3v) is 21.4. The Kier molecular flexibility index (Phi) is 22.4. The van der Waals surface area contributed by atoms with E-state index in [0.717, 1.165) is 91.6 Å². The van der Waals surface area contributed by atoms with Crippen LogP contribution in [0.4, 0.5) is 4.79 Å². The van der Waals surface area contributed by atoms with Gasteiger partial charge in [0.25, 0.3) is 0 Å². The van der Waals surface area contributed by atoms with Gasteiger partial charge in [0.05, 0.1) is 16.5 Å². The number of rotatable bonds is 12. The Balaban J connectivity index is 1.04. The van der Waals surface area contributed by atoms with Crippen LogP contribution in [-0.4, -0.2) is 179 Å². The molecule has 4 aliphatic carbocycles. The largest absolute Gasteiger partial charge is 0.508 e. The Labute approximate surface area is 628 Å². The summed E-state index contributed by atoms with van der Waals surface area (Å²) in [5.41, 5.74) is 8.60. The first-order valence-electron chi connectivity index (χ1n) is 35.3. The van der Waals surface area contributed by atoms with Crippen molar-refractivity contribution in [3.8, 4) is 57.1 Å². The standard InChI is InChI=1S/C74H86Cl2N10O22/c1-28(2)13-43(86(6)73(103)108-74(3,4)5)66(97)84-57-59(91)32-8-11-46(40(75)20-32)104-48-22-36-23-49(64(48)107-72-63(95)62(94)61(93)50(27-77)106-72)105-47-12-9-33(21-41(47)76)60(92)58-71(102)83-56(69(100)80-53-34-15-29-14-30(17-34)18-35(53)16-29)39-24-37(87)25-45(89)52(39)38-19-31(7-10-44(38)88)54(67(98)85-58)82-68(99)55(36)81-65(96)42(26-51(78)90)79-70(57)101/h7-12,19-25,28-30,34-35,42-43,50,53-63,72,87-89,91-95H,13-18,26-27,77H2,1-6H3,(H2,78,90)(H,79,101)(H,80,100)(H,81,96)(H,82,99)(H,83,102)(H,84,97)(H,85,98)/t29?,30?,34?,35?,42-,43+,50?,53?,54+,55+,56-,57+,58+,59+,60+,61?,62?,63?,72?/m0/s1. The zero-order valence-corrected chi connectivity index (χ0v) is 60.9. The van der Waals surface area contributed by atoms with Crippen molar-refractivity contribution in [3.05, 3.63) is 117 Å². The van der Waals surface area contributed by atoms with Crippen molar-refractivity contribution in [2.75, 3.05) is 13.6 Å². The van der Waals surface area contributed by atoms with E-state index in [1.54, 1.807) is 34.6 Å². The Morgan fingerprint density at radius 1 is 0.648 bits per heavy atom. The van der Waals surface area contributed by atoms with E-state index in [1.807, 2.05) is 0 Å². The van der Waals surface area contributed by atoms with Crippen molar-refractivity contribution in [3.63, 3.8) is 0 Å². The minimum Gasteiger partial charge on any atom is -0.508 e. The summed E-state index contributed by atoms with van der Waals surface area (Å²) in [5.74, 6) is -13.6. The molecule has 4 saturated carbocycles. The van der Waals surface area contributed by atoms with Gasteiger partial charge in [-0.25, -0.2) is 4.79 Å². The van der Waals surface area contributed by atoms with Crippen LogP contribution in [0.3, 0.4) is 0 Å². The molecule has 34 heteroatoms. The number of phenols is 3. The van der Waals surface area contributed by atoms with Gasteiger partial charge in [-0.2, -0.15) is 0 Å². The second-order valence-electron chi connectivity index (χ2n) is 30.1. The highest BCUT2D eigenvalue weighted by atomic mass is 35.5. The molecule has 5 aromatic rings. The average molecular weight is 1540 g/mol. The molecule has 0 spiro atoms. The number of halogens is 2. The number of aromatic hydroxyl groups is 3. The molecule has 5 unspecified atom stereocenters. The van der Waals surface area contributed by atoms with Gasteiger partial charge in [0.1, 0.15) is 113 Å². The van der Waals surface area contributed by atoms with E-state index >= 15 is 28.8 Å². The van der Waals surface area contributed by atoms with Crippen LogP contribution in [0.25, 0.3) is 11.1 Å². The van der Waals surface area contributed by atoms with Crippen LogP contribution in [0.2, 0.25) is 10.0 Å². The van der Waals surface area contributed by atoms with Gasteiger partial charge in [0, 0.05) is 36.8 Å². The summed E-state index contributed by atoms with van der Waals surface area (Å²) in [7, 11) is 1.28. The van der Waals surface area contributed by atoms with E-state index in [1.165, 1.54) is 31.3 Å². The average Bonchev–Trinajstić information content (AvgIpc) is 0.761. The van der Waals surface area contributed by atoms with Crippen LogP contribution in [0.1, 0.15) is 138 Å². The highest BCUT2D eigenvalue weighted by Gasteiger charge is 2.51. The van der Waals surface area contributed by atoms with Gasteiger partial charge in [-0.1, -0.05) is 55.2 Å². The van der Waals surface area contributed by atoms with Crippen LogP contribution >= 0.6 is 23.2 Å². The summed E-state index contributed by atoms with van der Waals surface area (Å²) in [4.78, 5) is 136.